The number of hydrogen-bond donors (Lipinski definition) is 3. The minimum atomic E-state index is -1.42. The summed E-state index contributed by atoms with van der Waals surface area (Å²) < 4.78 is 9.10. The summed E-state index contributed by atoms with van der Waals surface area (Å²) in [6.45, 7) is -0.572. The van der Waals surface area contributed by atoms with Crippen LogP contribution in [0, 0.1) is 0 Å². The molecule has 1 fully saturated rings. The molecule has 2 aromatic heterocycles. The number of benzene rings is 1. The zero-order valence-electron chi connectivity index (χ0n) is 15.0. The number of aromatic nitrogens is 4. The van der Waals surface area contributed by atoms with E-state index in [0.29, 0.717) is 5.69 Å². The van der Waals surface area contributed by atoms with Gasteiger partial charge in [0.05, 0.1) is 24.4 Å². The Morgan fingerprint density at radius 3 is 2.61 bits per heavy atom. The van der Waals surface area contributed by atoms with E-state index in [9.17, 15) is 24.9 Å². The molecule has 3 N–H and O–H groups in total. The smallest absolute Gasteiger partial charge is 0.333 e. The second-order valence-corrected chi connectivity index (χ2v) is 6.75. The molecule has 148 valence electrons. The van der Waals surface area contributed by atoms with Crippen molar-refractivity contribution in [1.82, 2.24) is 18.9 Å². The van der Waals surface area contributed by atoms with Gasteiger partial charge in [-0.05, 0) is 6.07 Å². The summed E-state index contributed by atoms with van der Waals surface area (Å²) in [5.41, 5.74) is 0.182. The maximum atomic E-state index is 12.9. The third-order valence-corrected chi connectivity index (χ3v) is 5.03. The van der Waals surface area contributed by atoms with E-state index >= 15 is 0 Å². The molecule has 1 aromatic carbocycles. The molecule has 28 heavy (non-hydrogen) atoms. The molecule has 1 aliphatic rings. The van der Waals surface area contributed by atoms with Crippen LogP contribution >= 0.6 is 0 Å². The third kappa shape index (κ3) is 2.87. The Kier molecular flexibility index (Phi) is 4.63. The molecule has 1 saturated heterocycles. The lowest BCUT2D eigenvalue weighted by atomic mass is 10.1. The fourth-order valence-electron chi connectivity index (χ4n) is 3.54. The quantitative estimate of drug-likeness (QED) is 0.499. The van der Waals surface area contributed by atoms with Gasteiger partial charge >= 0.3 is 5.69 Å². The van der Waals surface area contributed by atoms with E-state index in [1.807, 2.05) is 24.3 Å². The molecule has 10 heteroatoms. The van der Waals surface area contributed by atoms with Crippen molar-refractivity contribution >= 4 is 10.9 Å². The summed E-state index contributed by atoms with van der Waals surface area (Å²) in [5.74, 6) is 0. The summed E-state index contributed by atoms with van der Waals surface area (Å²) in [5, 5.41) is 34.6. The lowest BCUT2D eigenvalue weighted by Gasteiger charge is -2.18. The van der Waals surface area contributed by atoms with Gasteiger partial charge < -0.3 is 20.1 Å². The summed E-state index contributed by atoms with van der Waals surface area (Å²) in [4.78, 5) is 25.3. The highest BCUT2D eigenvalue weighted by Crippen LogP contribution is 2.27. The molecule has 1 unspecified atom stereocenters. The van der Waals surface area contributed by atoms with Crippen LogP contribution in [-0.4, -0.2) is 59.2 Å². The van der Waals surface area contributed by atoms with Crippen molar-refractivity contribution < 1.29 is 20.1 Å². The van der Waals surface area contributed by atoms with Crippen LogP contribution in [0.2, 0.25) is 0 Å². The molecule has 4 atom stereocenters. The number of nitrogens with zero attached hydrogens (tertiary/aromatic N) is 4. The van der Waals surface area contributed by atoms with Crippen LogP contribution < -0.4 is 11.2 Å². The van der Waals surface area contributed by atoms with Crippen molar-refractivity contribution in [3.63, 3.8) is 0 Å². The Bertz CT molecular complexity index is 1130. The molecule has 4 rings (SSSR count). The van der Waals surface area contributed by atoms with E-state index in [1.165, 1.54) is 12.3 Å². The second-order valence-electron chi connectivity index (χ2n) is 6.75. The Balaban J connectivity index is 1.76. The monoisotopic (exact) mass is 388 g/mol. The minimum absolute atomic E-state index is 0.0609. The summed E-state index contributed by atoms with van der Waals surface area (Å²) in [6.07, 6.45) is -3.80. The average Bonchev–Trinajstić information content (AvgIpc) is 3.16. The molecule has 3 heterocycles. The van der Waals surface area contributed by atoms with E-state index in [0.717, 1.165) is 20.0 Å². The largest absolute Gasteiger partial charge is 0.394 e. The Labute approximate surface area is 158 Å². The van der Waals surface area contributed by atoms with Crippen molar-refractivity contribution in [1.29, 1.82) is 0 Å². The first-order valence-electron chi connectivity index (χ1n) is 8.77. The van der Waals surface area contributed by atoms with Crippen molar-refractivity contribution in [2.75, 3.05) is 6.61 Å². The zero-order chi connectivity index (χ0) is 20.0. The van der Waals surface area contributed by atoms with Crippen LogP contribution in [0.25, 0.3) is 10.9 Å². The number of aliphatic hydroxyl groups is 3. The number of hydrogen-bond acceptors (Lipinski definition) is 7. The first kappa shape index (κ1) is 18.6. The standard InChI is InChI=1S/C18H20N4O6/c1-20-12-5-3-2-4-10(12)11(19-20)8-22-14(24)6-7-21(18(22)27)17-16(26)15(25)13(9-23)28-17/h2-7,13,15-17,23,25-26H,8-9H2,1H3/t13-,15+,16?,17-/m1/s1. The normalized spacial score (nSPS) is 24.9. The van der Waals surface area contributed by atoms with Gasteiger partial charge in [0.25, 0.3) is 5.56 Å². The SMILES string of the molecule is Cn1nc(Cn2c(=O)ccn([C@@H]3O[C@H](CO)[C@H](O)C3O)c2=O)c2ccccc21. The molecule has 3 aromatic rings. The highest BCUT2D eigenvalue weighted by Gasteiger charge is 2.43. The molecule has 10 nitrogen and oxygen atoms in total. The van der Waals surface area contributed by atoms with Crippen LogP contribution in [0.3, 0.4) is 0 Å². The van der Waals surface area contributed by atoms with Gasteiger partial charge in [0.2, 0.25) is 0 Å². The van der Waals surface area contributed by atoms with E-state index in [1.54, 1.807) is 11.7 Å². The average molecular weight is 388 g/mol. The van der Waals surface area contributed by atoms with Gasteiger partial charge in [-0.15, -0.1) is 0 Å². The van der Waals surface area contributed by atoms with Crippen molar-refractivity contribution in [2.24, 2.45) is 7.05 Å². The fourth-order valence-corrected chi connectivity index (χ4v) is 3.54. The van der Waals surface area contributed by atoms with Gasteiger partial charge in [-0.2, -0.15) is 5.10 Å². The molecule has 0 bridgehead atoms. The molecule has 0 aliphatic carbocycles. The van der Waals surface area contributed by atoms with Crippen LogP contribution in [0.5, 0.6) is 0 Å². The summed E-state index contributed by atoms with van der Waals surface area (Å²) >= 11 is 0. The second kappa shape index (κ2) is 6.99. The summed E-state index contributed by atoms with van der Waals surface area (Å²) in [7, 11) is 1.77. The van der Waals surface area contributed by atoms with Gasteiger partial charge in [0.15, 0.2) is 6.23 Å². The number of aryl methyl sites for hydroxylation is 1. The highest BCUT2D eigenvalue weighted by atomic mass is 16.6. The lowest BCUT2D eigenvalue weighted by molar-refractivity contribution is -0.0555. The lowest BCUT2D eigenvalue weighted by Crippen LogP contribution is -2.43. The van der Waals surface area contributed by atoms with Gasteiger partial charge in [0.1, 0.15) is 18.3 Å². The van der Waals surface area contributed by atoms with Crippen LogP contribution in [0.15, 0.2) is 46.1 Å². The van der Waals surface area contributed by atoms with Crippen molar-refractivity contribution in [3.05, 3.63) is 63.1 Å². The predicted octanol–water partition coefficient (Wildman–Crippen LogP) is -1.44. The Morgan fingerprint density at radius 1 is 1.14 bits per heavy atom. The van der Waals surface area contributed by atoms with Crippen molar-refractivity contribution in [2.45, 2.75) is 31.1 Å². The van der Waals surface area contributed by atoms with Crippen LogP contribution in [0.1, 0.15) is 11.9 Å². The van der Waals surface area contributed by atoms with E-state index in [4.69, 9.17) is 4.74 Å². The van der Waals surface area contributed by atoms with Gasteiger partial charge in [0, 0.05) is 24.7 Å². The minimum Gasteiger partial charge on any atom is -0.394 e. The van der Waals surface area contributed by atoms with Crippen molar-refractivity contribution in [3.8, 4) is 0 Å². The number of aliphatic hydroxyl groups excluding tert-OH is 3. The number of ether oxygens (including phenoxy) is 1. The highest BCUT2D eigenvalue weighted by molar-refractivity contribution is 5.81. The Hall–Kier alpha value is -2.79. The molecule has 0 amide bonds. The maximum Gasteiger partial charge on any atom is 0.333 e. The molecular weight excluding hydrogens is 368 g/mol. The molecule has 0 saturated carbocycles. The number of fused-ring (bicyclic) bond motifs is 1. The number of para-hydroxylation sites is 1. The molecule has 1 aliphatic heterocycles. The van der Waals surface area contributed by atoms with Gasteiger partial charge in [-0.3, -0.25) is 18.6 Å². The number of rotatable bonds is 4. The fraction of sp³-hybridized carbons (Fsp3) is 0.389. The van der Waals surface area contributed by atoms with Crippen LogP contribution in [-0.2, 0) is 18.3 Å². The van der Waals surface area contributed by atoms with Gasteiger partial charge in [-0.25, -0.2) is 4.79 Å². The zero-order valence-corrected chi connectivity index (χ0v) is 15.0. The van der Waals surface area contributed by atoms with E-state index in [-0.39, 0.29) is 6.54 Å². The first-order valence-corrected chi connectivity index (χ1v) is 8.77. The molecule has 0 spiro atoms. The topological polar surface area (TPSA) is 132 Å². The van der Waals surface area contributed by atoms with E-state index < -0.39 is 42.4 Å². The predicted molar refractivity (Wildman–Crippen MR) is 97.8 cm³/mol. The molecule has 0 radical (unpaired) electrons. The van der Waals surface area contributed by atoms with Gasteiger partial charge in [-0.1, -0.05) is 18.2 Å². The van der Waals surface area contributed by atoms with Crippen LogP contribution in [0.4, 0.5) is 0 Å². The third-order valence-electron chi connectivity index (χ3n) is 5.03. The first-order chi connectivity index (χ1) is 13.4. The van der Waals surface area contributed by atoms with E-state index in [2.05, 4.69) is 5.10 Å². The maximum absolute atomic E-state index is 12.9. The Morgan fingerprint density at radius 2 is 1.89 bits per heavy atom. The molecular formula is C18H20N4O6. The summed E-state index contributed by atoms with van der Waals surface area (Å²) in [6, 6.07) is 8.64.